The summed E-state index contributed by atoms with van der Waals surface area (Å²) in [6, 6.07) is 3.18. The summed E-state index contributed by atoms with van der Waals surface area (Å²) in [6.07, 6.45) is 5.27. The third-order valence-corrected chi connectivity index (χ3v) is 5.32. The first-order valence-corrected chi connectivity index (χ1v) is 9.85. The second-order valence-corrected chi connectivity index (χ2v) is 7.54. The number of oxime groups is 1. The topological polar surface area (TPSA) is 97.5 Å². The molecule has 1 saturated carbocycles. The molecule has 0 spiro atoms. The molecule has 0 atom stereocenters. The molecule has 0 amide bonds. The number of aromatic amines is 1. The zero-order chi connectivity index (χ0) is 18.8. The molecule has 3 aromatic heterocycles. The standard InChI is InChI=1S/C19H19N3O4S/c1-11(14-7-8-27-10-14)22-26-19-20-17(24)16-13(4-2-3-12-5-6-12)9-15(23)25-18(16)21-19/h7-10,12H,2-6H2,1H3,(H,20,21,24)/b22-11-. The van der Waals surface area contributed by atoms with E-state index in [1.807, 2.05) is 16.8 Å². The predicted molar refractivity (Wildman–Crippen MR) is 104 cm³/mol. The van der Waals surface area contributed by atoms with Crippen LogP contribution < -0.4 is 16.0 Å². The van der Waals surface area contributed by atoms with Crippen molar-refractivity contribution in [2.75, 3.05) is 0 Å². The molecule has 0 unspecified atom stereocenters. The highest BCUT2D eigenvalue weighted by Crippen LogP contribution is 2.34. The molecule has 3 heterocycles. The number of fused-ring (bicyclic) bond motifs is 1. The number of thiophene rings is 1. The Hall–Kier alpha value is -2.74. The van der Waals surface area contributed by atoms with Gasteiger partial charge in [0.05, 0.1) is 5.71 Å². The molecular formula is C19H19N3O4S. The Balaban J connectivity index is 1.61. The summed E-state index contributed by atoms with van der Waals surface area (Å²) < 4.78 is 5.13. The van der Waals surface area contributed by atoms with Crippen molar-refractivity contribution in [2.24, 2.45) is 11.1 Å². The highest BCUT2D eigenvalue weighted by atomic mass is 32.1. The summed E-state index contributed by atoms with van der Waals surface area (Å²) >= 11 is 1.55. The van der Waals surface area contributed by atoms with Gasteiger partial charge in [-0.05, 0) is 48.1 Å². The van der Waals surface area contributed by atoms with Crippen LogP contribution in [0.25, 0.3) is 11.1 Å². The summed E-state index contributed by atoms with van der Waals surface area (Å²) in [7, 11) is 0. The number of aromatic nitrogens is 2. The lowest BCUT2D eigenvalue weighted by atomic mass is 10.1. The van der Waals surface area contributed by atoms with Crippen LogP contribution in [0.4, 0.5) is 0 Å². The van der Waals surface area contributed by atoms with Crippen molar-refractivity contribution in [1.82, 2.24) is 9.97 Å². The van der Waals surface area contributed by atoms with E-state index in [0.29, 0.717) is 23.1 Å². The Morgan fingerprint density at radius 1 is 1.44 bits per heavy atom. The first kappa shape index (κ1) is 17.7. The maximum atomic E-state index is 12.5. The van der Waals surface area contributed by atoms with Gasteiger partial charge in [-0.3, -0.25) is 9.78 Å². The number of aryl methyl sites for hydroxylation is 1. The van der Waals surface area contributed by atoms with Crippen LogP contribution in [0, 0.1) is 5.92 Å². The van der Waals surface area contributed by atoms with Gasteiger partial charge in [0.2, 0.25) is 5.71 Å². The van der Waals surface area contributed by atoms with E-state index >= 15 is 0 Å². The fourth-order valence-electron chi connectivity index (χ4n) is 2.99. The summed E-state index contributed by atoms with van der Waals surface area (Å²) in [4.78, 5) is 36.3. The Bertz CT molecular complexity index is 1090. The van der Waals surface area contributed by atoms with Crippen LogP contribution in [-0.4, -0.2) is 15.7 Å². The van der Waals surface area contributed by atoms with Crippen LogP contribution in [0.15, 0.2) is 42.1 Å². The van der Waals surface area contributed by atoms with Gasteiger partial charge in [0.15, 0.2) is 0 Å². The van der Waals surface area contributed by atoms with Crippen LogP contribution in [0.1, 0.15) is 43.7 Å². The second-order valence-electron chi connectivity index (χ2n) is 6.76. The zero-order valence-corrected chi connectivity index (χ0v) is 15.7. The summed E-state index contributed by atoms with van der Waals surface area (Å²) in [6.45, 7) is 1.79. The lowest BCUT2D eigenvalue weighted by Gasteiger charge is -2.05. The number of nitrogens with one attached hydrogen (secondary N) is 1. The SMILES string of the molecule is C/C(=N/Oc1nc2oc(=O)cc(CCCC3CC3)c2c(=O)[nH]1)c1ccsc1. The molecule has 0 radical (unpaired) electrons. The maximum absolute atomic E-state index is 12.5. The van der Waals surface area contributed by atoms with Crippen molar-refractivity contribution in [2.45, 2.75) is 39.0 Å². The van der Waals surface area contributed by atoms with E-state index in [2.05, 4.69) is 15.1 Å². The molecular weight excluding hydrogens is 366 g/mol. The Kier molecular flexibility index (Phi) is 4.89. The molecule has 0 aliphatic heterocycles. The van der Waals surface area contributed by atoms with E-state index < -0.39 is 11.2 Å². The molecule has 0 aromatic carbocycles. The summed E-state index contributed by atoms with van der Waals surface area (Å²) in [5.74, 6) is 0.803. The van der Waals surface area contributed by atoms with Crippen molar-refractivity contribution >= 4 is 28.1 Å². The predicted octanol–water partition coefficient (Wildman–Crippen LogP) is 3.47. The van der Waals surface area contributed by atoms with Crippen LogP contribution in [0.3, 0.4) is 0 Å². The Labute approximate surface area is 158 Å². The fraction of sp³-hybridized carbons (Fsp3) is 0.368. The first-order chi connectivity index (χ1) is 13.1. The third-order valence-electron chi connectivity index (χ3n) is 4.64. The molecule has 3 aromatic rings. The van der Waals surface area contributed by atoms with Crippen LogP contribution in [-0.2, 0) is 6.42 Å². The van der Waals surface area contributed by atoms with Gasteiger partial charge in [-0.2, -0.15) is 16.3 Å². The molecule has 1 N–H and O–H groups in total. The van der Waals surface area contributed by atoms with E-state index in [9.17, 15) is 9.59 Å². The average molecular weight is 385 g/mol. The monoisotopic (exact) mass is 385 g/mol. The number of hydrogen-bond donors (Lipinski definition) is 1. The van der Waals surface area contributed by atoms with E-state index in [4.69, 9.17) is 9.25 Å². The van der Waals surface area contributed by atoms with E-state index in [1.54, 1.807) is 18.3 Å². The van der Waals surface area contributed by atoms with Gasteiger partial charge < -0.3 is 9.25 Å². The molecule has 27 heavy (non-hydrogen) atoms. The largest absolute Gasteiger partial charge is 0.403 e. The minimum absolute atomic E-state index is 0.0222. The second kappa shape index (κ2) is 7.48. The van der Waals surface area contributed by atoms with Gasteiger partial charge in [0, 0.05) is 11.6 Å². The van der Waals surface area contributed by atoms with Gasteiger partial charge >= 0.3 is 11.6 Å². The lowest BCUT2D eigenvalue weighted by molar-refractivity contribution is 0.311. The van der Waals surface area contributed by atoms with Gasteiger partial charge in [-0.1, -0.05) is 24.4 Å². The molecule has 140 valence electrons. The van der Waals surface area contributed by atoms with Crippen LogP contribution in [0.5, 0.6) is 6.01 Å². The zero-order valence-electron chi connectivity index (χ0n) is 14.9. The molecule has 1 aliphatic rings. The van der Waals surface area contributed by atoms with E-state index in [0.717, 1.165) is 24.3 Å². The van der Waals surface area contributed by atoms with Gasteiger partial charge in [-0.25, -0.2) is 4.79 Å². The maximum Gasteiger partial charge on any atom is 0.337 e. The number of H-pyrrole nitrogens is 1. The first-order valence-electron chi connectivity index (χ1n) is 8.91. The molecule has 1 fully saturated rings. The third kappa shape index (κ3) is 4.16. The summed E-state index contributed by atoms with van der Waals surface area (Å²) in [5.41, 5.74) is 1.29. The smallest absolute Gasteiger partial charge is 0.337 e. The van der Waals surface area contributed by atoms with Gasteiger partial charge in [0.25, 0.3) is 5.56 Å². The van der Waals surface area contributed by atoms with Crippen molar-refractivity contribution in [1.29, 1.82) is 0 Å². The highest BCUT2D eigenvalue weighted by Gasteiger charge is 2.21. The lowest BCUT2D eigenvalue weighted by Crippen LogP contribution is -2.15. The molecule has 4 rings (SSSR count). The molecule has 1 aliphatic carbocycles. The van der Waals surface area contributed by atoms with E-state index in [-0.39, 0.29) is 11.7 Å². The van der Waals surface area contributed by atoms with Crippen molar-refractivity contribution in [3.8, 4) is 6.01 Å². The van der Waals surface area contributed by atoms with Gasteiger partial charge in [0.1, 0.15) is 5.39 Å². The van der Waals surface area contributed by atoms with Crippen LogP contribution >= 0.6 is 11.3 Å². The van der Waals surface area contributed by atoms with Crippen molar-refractivity contribution in [3.63, 3.8) is 0 Å². The molecule has 0 bridgehead atoms. The van der Waals surface area contributed by atoms with Crippen molar-refractivity contribution in [3.05, 3.63) is 54.8 Å². The minimum Gasteiger partial charge on any atom is -0.403 e. The van der Waals surface area contributed by atoms with Crippen molar-refractivity contribution < 1.29 is 9.25 Å². The number of nitrogens with zero attached hydrogens (tertiary/aromatic N) is 2. The summed E-state index contributed by atoms with van der Waals surface area (Å²) in [5, 5.41) is 8.15. The molecule has 0 saturated heterocycles. The Morgan fingerprint density at radius 2 is 2.30 bits per heavy atom. The van der Waals surface area contributed by atoms with Gasteiger partial charge in [-0.15, -0.1) is 0 Å². The average Bonchev–Trinajstić information content (AvgIpc) is 3.29. The minimum atomic E-state index is -0.522. The quantitative estimate of drug-likeness (QED) is 0.496. The number of hydrogen-bond acceptors (Lipinski definition) is 7. The molecule has 8 heteroatoms. The highest BCUT2D eigenvalue weighted by molar-refractivity contribution is 7.08. The number of rotatable bonds is 7. The fourth-order valence-corrected chi connectivity index (χ4v) is 3.69. The molecule has 7 nitrogen and oxygen atoms in total. The van der Waals surface area contributed by atoms with E-state index in [1.165, 1.54) is 18.9 Å². The normalized spacial score (nSPS) is 14.6. The van der Waals surface area contributed by atoms with Crippen LogP contribution in [0.2, 0.25) is 0 Å². The Morgan fingerprint density at radius 3 is 3.04 bits per heavy atom.